The standard InChI is InChI=1S/C15H13F17O2S/c16-8(17,4-1-2-5-35-6-3-7(33)34)9(18,19)10(20,21)11(22,23)12(24,25)13(26,27)14(28,29)15(30,31)32/h1-6H2,(H,33,34). The van der Waals surface area contributed by atoms with Gasteiger partial charge in [0.05, 0.1) is 6.42 Å². The topological polar surface area (TPSA) is 37.3 Å². The summed E-state index contributed by atoms with van der Waals surface area (Å²) in [6, 6.07) is 0. The second-order valence-electron chi connectivity index (χ2n) is 6.86. The fourth-order valence-electron chi connectivity index (χ4n) is 2.17. The van der Waals surface area contributed by atoms with E-state index < -0.39 is 79.3 Å². The van der Waals surface area contributed by atoms with E-state index in [0.717, 1.165) is 11.8 Å². The number of carboxylic acid groups (broad SMARTS) is 1. The van der Waals surface area contributed by atoms with E-state index in [4.69, 9.17) is 5.11 Å². The van der Waals surface area contributed by atoms with Crippen molar-refractivity contribution < 1.29 is 84.5 Å². The van der Waals surface area contributed by atoms with E-state index in [0.29, 0.717) is 0 Å². The second kappa shape index (κ2) is 10.2. The second-order valence-corrected chi connectivity index (χ2v) is 8.09. The number of carbonyl (C=O) groups is 1. The summed E-state index contributed by atoms with van der Waals surface area (Å²) >= 11 is 0.733. The molecule has 0 heterocycles. The van der Waals surface area contributed by atoms with E-state index in [2.05, 4.69) is 0 Å². The Bertz CT molecular complexity index is 731. The first-order chi connectivity index (χ1) is 15.2. The molecule has 0 unspecified atom stereocenters. The Hall–Kier alpha value is -1.37. The van der Waals surface area contributed by atoms with Gasteiger partial charge in [-0.2, -0.15) is 86.4 Å². The number of thioether (sulfide) groups is 1. The van der Waals surface area contributed by atoms with Gasteiger partial charge in [-0.1, -0.05) is 0 Å². The molecule has 0 aliphatic carbocycles. The van der Waals surface area contributed by atoms with Crippen molar-refractivity contribution in [1.29, 1.82) is 0 Å². The van der Waals surface area contributed by atoms with Crippen molar-refractivity contribution >= 4 is 17.7 Å². The van der Waals surface area contributed by atoms with Gasteiger partial charge in [-0.25, -0.2) is 0 Å². The molecule has 20 heteroatoms. The molecule has 0 spiro atoms. The van der Waals surface area contributed by atoms with Crippen LogP contribution in [0.2, 0.25) is 0 Å². The summed E-state index contributed by atoms with van der Waals surface area (Å²) in [6.07, 6.45) is -12.5. The molecule has 2 nitrogen and oxygen atoms in total. The van der Waals surface area contributed by atoms with E-state index in [1.807, 2.05) is 0 Å². The predicted octanol–water partition coefficient (Wildman–Crippen LogP) is 7.37. The molecule has 0 aliphatic rings. The molecule has 0 rings (SSSR count). The number of carboxylic acids is 1. The highest BCUT2D eigenvalue weighted by molar-refractivity contribution is 7.99. The molecule has 0 amide bonds. The Morgan fingerprint density at radius 2 is 0.914 bits per heavy atom. The van der Waals surface area contributed by atoms with E-state index in [9.17, 15) is 79.4 Å². The number of hydrogen-bond acceptors (Lipinski definition) is 2. The zero-order valence-corrected chi connectivity index (χ0v) is 17.2. The zero-order chi connectivity index (χ0) is 28.5. The Kier molecular flexibility index (Phi) is 9.78. The number of hydrogen-bond donors (Lipinski definition) is 1. The quantitative estimate of drug-likeness (QED) is 0.172. The molecule has 0 radical (unpaired) electrons. The number of alkyl halides is 17. The largest absolute Gasteiger partial charge is 0.481 e. The van der Waals surface area contributed by atoms with Crippen LogP contribution in [0, 0.1) is 0 Å². The van der Waals surface area contributed by atoms with Gasteiger partial charge in [0.2, 0.25) is 0 Å². The lowest BCUT2D eigenvalue weighted by molar-refractivity contribution is -0.461. The lowest BCUT2D eigenvalue weighted by Crippen LogP contribution is -2.74. The zero-order valence-electron chi connectivity index (χ0n) is 16.4. The first-order valence-corrected chi connectivity index (χ1v) is 9.83. The summed E-state index contributed by atoms with van der Waals surface area (Å²) in [4.78, 5) is 10.2. The van der Waals surface area contributed by atoms with Crippen LogP contribution in [0.4, 0.5) is 74.6 Å². The average molecular weight is 580 g/mol. The molecule has 0 aromatic heterocycles. The van der Waals surface area contributed by atoms with Crippen LogP contribution in [0.3, 0.4) is 0 Å². The summed E-state index contributed by atoms with van der Waals surface area (Å²) in [6.45, 7) is 0. The highest BCUT2D eigenvalue weighted by Crippen LogP contribution is 2.64. The molecular formula is C15H13F17O2S. The summed E-state index contributed by atoms with van der Waals surface area (Å²) in [5.41, 5.74) is 0. The number of unbranched alkanes of at least 4 members (excludes halogenated alkanes) is 1. The van der Waals surface area contributed by atoms with Crippen LogP contribution < -0.4 is 0 Å². The van der Waals surface area contributed by atoms with Gasteiger partial charge in [0.1, 0.15) is 0 Å². The molecule has 0 saturated carbocycles. The van der Waals surface area contributed by atoms with Crippen molar-refractivity contribution in [2.45, 2.75) is 73.3 Å². The van der Waals surface area contributed by atoms with Crippen molar-refractivity contribution in [2.24, 2.45) is 0 Å². The van der Waals surface area contributed by atoms with Crippen LogP contribution >= 0.6 is 11.8 Å². The molecule has 210 valence electrons. The first kappa shape index (κ1) is 33.6. The number of rotatable bonds is 14. The molecule has 0 fully saturated rings. The molecule has 0 atom stereocenters. The highest BCUT2D eigenvalue weighted by Gasteiger charge is 2.95. The third-order valence-corrected chi connectivity index (χ3v) is 5.35. The van der Waals surface area contributed by atoms with Gasteiger partial charge < -0.3 is 5.11 Å². The van der Waals surface area contributed by atoms with Crippen molar-refractivity contribution in [2.75, 3.05) is 11.5 Å². The van der Waals surface area contributed by atoms with Gasteiger partial charge >= 0.3 is 53.6 Å². The SMILES string of the molecule is O=C(O)CCSCCCCC(F)(F)C(F)(F)C(F)(F)C(F)(F)C(F)(F)C(F)(F)C(F)(F)C(F)(F)F. The summed E-state index contributed by atoms with van der Waals surface area (Å²) in [7, 11) is 0. The first-order valence-electron chi connectivity index (χ1n) is 8.67. The molecule has 35 heavy (non-hydrogen) atoms. The van der Waals surface area contributed by atoms with Gasteiger partial charge in [0.25, 0.3) is 0 Å². The molecular weight excluding hydrogens is 567 g/mol. The molecule has 0 bridgehead atoms. The maximum absolute atomic E-state index is 13.6. The fourth-order valence-corrected chi connectivity index (χ4v) is 3.10. The van der Waals surface area contributed by atoms with Gasteiger partial charge in [-0.3, -0.25) is 4.79 Å². The minimum absolute atomic E-state index is 0.127. The van der Waals surface area contributed by atoms with Crippen LogP contribution in [0.25, 0.3) is 0 Å². The van der Waals surface area contributed by atoms with Crippen molar-refractivity contribution in [3.63, 3.8) is 0 Å². The monoisotopic (exact) mass is 580 g/mol. The molecule has 0 aliphatic heterocycles. The van der Waals surface area contributed by atoms with Crippen molar-refractivity contribution in [3.8, 4) is 0 Å². The summed E-state index contributed by atoms with van der Waals surface area (Å²) in [5.74, 6) is -57.8. The van der Waals surface area contributed by atoms with Gasteiger partial charge in [0.15, 0.2) is 0 Å². The maximum atomic E-state index is 13.6. The number of halogens is 17. The van der Waals surface area contributed by atoms with Crippen molar-refractivity contribution in [3.05, 3.63) is 0 Å². The van der Waals surface area contributed by atoms with Gasteiger partial charge in [-0.05, 0) is 18.6 Å². The van der Waals surface area contributed by atoms with E-state index in [-0.39, 0.29) is 11.5 Å². The van der Waals surface area contributed by atoms with Gasteiger partial charge in [0, 0.05) is 12.2 Å². The van der Waals surface area contributed by atoms with Crippen LogP contribution in [-0.2, 0) is 4.79 Å². The van der Waals surface area contributed by atoms with E-state index >= 15 is 0 Å². The van der Waals surface area contributed by atoms with Crippen LogP contribution in [0.1, 0.15) is 25.7 Å². The third-order valence-electron chi connectivity index (χ3n) is 4.28. The van der Waals surface area contributed by atoms with Crippen LogP contribution in [-0.4, -0.2) is 70.2 Å². The summed E-state index contributed by atoms with van der Waals surface area (Å²) in [5, 5.41) is 8.32. The molecule has 0 saturated heterocycles. The minimum atomic E-state index is -8.62. The maximum Gasteiger partial charge on any atom is 0.460 e. The van der Waals surface area contributed by atoms with Crippen LogP contribution in [0.15, 0.2) is 0 Å². The normalized spacial score (nSPS) is 15.5. The Labute approximate surface area is 188 Å². The van der Waals surface area contributed by atoms with E-state index in [1.54, 1.807) is 0 Å². The van der Waals surface area contributed by atoms with Gasteiger partial charge in [-0.15, -0.1) is 0 Å². The molecule has 1 N–H and O–H groups in total. The van der Waals surface area contributed by atoms with Crippen LogP contribution in [0.5, 0.6) is 0 Å². The minimum Gasteiger partial charge on any atom is -0.481 e. The fraction of sp³-hybridized carbons (Fsp3) is 0.933. The number of aliphatic carboxylic acids is 1. The molecule has 0 aromatic rings. The lowest BCUT2D eigenvalue weighted by atomic mass is 9.88. The van der Waals surface area contributed by atoms with Crippen molar-refractivity contribution in [1.82, 2.24) is 0 Å². The Balaban J connectivity index is 5.90. The smallest absolute Gasteiger partial charge is 0.460 e. The lowest BCUT2D eigenvalue weighted by Gasteiger charge is -2.42. The predicted molar refractivity (Wildman–Crippen MR) is 84.1 cm³/mol. The Morgan fingerprint density at radius 3 is 1.29 bits per heavy atom. The molecule has 0 aromatic carbocycles. The third kappa shape index (κ3) is 5.80. The highest BCUT2D eigenvalue weighted by atomic mass is 32.2. The van der Waals surface area contributed by atoms with E-state index in [1.165, 1.54) is 0 Å². The summed E-state index contributed by atoms with van der Waals surface area (Å²) < 4.78 is 223. The average Bonchev–Trinajstić information content (AvgIpc) is 2.64. The Morgan fingerprint density at radius 1 is 0.543 bits per heavy atom.